The van der Waals surface area contributed by atoms with Crippen molar-refractivity contribution in [3.63, 3.8) is 0 Å². The Hall–Kier alpha value is -3.87. The van der Waals surface area contributed by atoms with E-state index in [9.17, 15) is 20.2 Å². The number of hydrogen-bond donors (Lipinski definition) is 3. The second-order valence-electron chi connectivity index (χ2n) is 5.18. The van der Waals surface area contributed by atoms with Crippen LogP contribution in [0.3, 0.4) is 0 Å². The summed E-state index contributed by atoms with van der Waals surface area (Å²) in [5.41, 5.74) is 6.10. The van der Waals surface area contributed by atoms with E-state index in [1.165, 1.54) is 31.4 Å². The fraction of sp³-hybridized carbons (Fsp3) is 0.133. The highest BCUT2D eigenvalue weighted by Crippen LogP contribution is 2.38. The van der Waals surface area contributed by atoms with E-state index in [4.69, 9.17) is 10.5 Å². The number of nitro benzene ring substituents is 1. The Morgan fingerprint density at radius 2 is 2.08 bits per heavy atom. The summed E-state index contributed by atoms with van der Waals surface area (Å²) in [6.07, 6.45) is 0. The van der Waals surface area contributed by atoms with E-state index in [0.717, 1.165) is 0 Å². The molecule has 2 aromatic rings. The first-order valence-corrected chi connectivity index (χ1v) is 7.05. The summed E-state index contributed by atoms with van der Waals surface area (Å²) in [6.45, 7) is 0. The Labute approximate surface area is 140 Å². The number of nitro groups is 1. The molecule has 0 saturated heterocycles. The van der Waals surface area contributed by atoms with Gasteiger partial charge >= 0.3 is 0 Å². The zero-order valence-electron chi connectivity index (χ0n) is 12.9. The van der Waals surface area contributed by atoms with Crippen LogP contribution >= 0.6 is 0 Å². The lowest BCUT2D eigenvalue weighted by atomic mass is 9.84. The van der Waals surface area contributed by atoms with Crippen LogP contribution in [-0.4, -0.2) is 22.0 Å². The van der Waals surface area contributed by atoms with Crippen molar-refractivity contribution in [1.29, 1.82) is 5.26 Å². The minimum Gasteiger partial charge on any atom is -0.468 e. The highest BCUT2D eigenvalue weighted by Gasteiger charge is 2.33. The number of benzene rings is 1. The normalized spacial score (nSPS) is 15.8. The molecular formula is C15H12N6O4. The molecule has 0 fully saturated rings. The Balaban J connectivity index is 2.22. The quantitative estimate of drug-likeness (QED) is 0.549. The van der Waals surface area contributed by atoms with Gasteiger partial charge in [0.1, 0.15) is 11.6 Å². The van der Waals surface area contributed by atoms with Gasteiger partial charge in [0.2, 0.25) is 0 Å². The fourth-order valence-corrected chi connectivity index (χ4v) is 2.66. The van der Waals surface area contributed by atoms with E-state index in [2.05, 4.69) is 15.3 Å². The Kier molecular flexibility index (Phi) is 3.82. The molecule has 3 rings (SSSR count). The van der Waals surface area contributed by atoms with Crippen LogP contribution in [0, 0.1) is 21.4 Å². The van der Waals surface area contributed by atoms with Gasteiger partial charge in [-0.25, -0.2) is 0 Å². The van der Waals surface area contributed by atoms with Gasteiger partial charge < -0.3 is 15.8 Å². The zero-order valence-corrected chi connectivity index (χ0v) is 12.9. The average molecular weight is 340 g/mol. The lowest BCUT2D eigenvalue weighted by Crippen LogP contribution is -2.30. The third kappa shape index (κ3) is 2.63. The number of hydrogen-bond acceptors (Lipinski definition) is 8. The molecule has 0 amide bonds. The molecule has 1 aromatic carbocycles. The number of H-pyrrole nitrogens is 1. The molecule has 10 heteroatoms. The molecule has 1 atom stereocenters. The second-order valence-corrected chi connectivity index (χ2v) is 5.18. The number of non-ortho nitro benzene ring substituents is 1. The number of aromatic amines is 1. The maximum atomic E-state index is 12.5. The number of methoxy groups -OCH3 is 1. The molecule has 1 aliphatic heterocycles. The minimum absolute atomic E-state index is 0.00749. The second kappa shape index (κ2) is 5.97. The van der Waals surface area contributed by atoms with Gasteiger partial charge in [-0.15, -0.1) is 0 Å². The minimum atomic E-state index is -0.802. The molecule has 25 heavy (non-hydrogen) atoms. The first-order valence-electron chi connectivity index (χ1n) is 7.05. The van der Waals surface area contributed by atoms with Crippen molar-refractivity contribution in [2.24, 2.45) is 5.73 Å². The zero-order chi connectivity index (χ0) is 18.1. The first kappa shape index (κ1) is 16.0. The van der Waals surface area contributed by atoms with E-state index in [1.807, 2.05) is 6.07 Å². The maximum Gasteiger partial charge on any atom is 0.298 e. The Morgan fingerprint density at radius 1 is 1.40 bits per heavy atom. The SMILES string of the molecule is COc1nc2c(c(=O)[nH]1)C(c1ccc([N+](=O)[O-])cc1)C(C#N)=C(N)N2. The van der Waals surface area contributed by atoms with Gasteiger partial charge in [0, 0.05) is 12.1 Å². The summed E-state index contributed by atoms with van der Waals surface area (Å²) in [5.74, 6) is -0.580. The van der Waals surface area contributed by atoms with Gasteiger partial charge in [-0.2, -0.15) is 10.2 Å². The third-order valence-corrected chi connectivity index (χ3v) is 3.81. The van der Waals surface area contributed by atoms with Gasteiger partial charge in [0.15, 0.2) is 0 Å². The van der Waals surface area contributed by atoms with Crippen molar-refractivity contribution in [3.8, 4) is 12.1 Å². The van der Waals surface area contributed by atoms with Crippen LogP contribution in [0.4, 0.5) is 11.5 Å². The number of rotatable bonds is 3. The summed E-state index contributed by atoms with van der Waals surface area (Å²) in [5, 5.41) is 23.0. The average Bonchev–Trinajstić information content (AvgIpc) is 2.60. The number of nitrogens with zero attached hydrogens (tertiary/aromatic N) is 3. The molecule has 0 spiro atoms. The van der Waals surface area contributed by atoms with Crippen LogP contribution in [0.25, 0.3) is 0 Å². The van der Waals surface area contributed by atoms with Crippen LogP contribution in [0.1, 0.15) is 17.0 Å². The Morgan fingerprint density at radius 3 is 2.64 bits per heavy atom. The molecular weight excluding hydrogens is 328 g/mol. The largest absolute Gasteiger partial charge is 0.468 e. The van der Waals surface area contributed by atoms with Gasteiger partial charge in [-0.05, 0) is 5.56 Å². The maximum absolute atomic E-state index is 12.5. The predicted molar refractivity (Wildman–Crippen MR) is 86.8 cm³/mol. The molecule has 2 heterocycles. The van der Waals surface area contributed by atoms with Crippen LogP contribution in [0.5, 0.6) is 6.01 Å². The number of nitriles is 1. The van der Waals surface area contributed by atoms with Crippen LogP contribution < -0.4 is 21.3 Å². The van der Waals surface area contributed by atoms with Crippen LogP contribution in [-0.2, 0) is 0 Å². The molecule has 1 aliphatic rings. The number of fused-ring (bicyclic) bond motifs is 1. The highest BCUT2D eigenvalue weighted by molar-refractivity contribution is 5.64. The van der Waals surface area contributed by atoms with Crippen molar-refractivity contribution in [2.75, 3.05) is 12.4 Å². The fourth-order valence-electron chi connectivity index (χ4n) is 2.66. The number of nitrogens with one attached hydrogen (secondary N) is 2. The topological polar surface area (TPSA) is 160 Å². The standard InChI is InChI=1S/C15H12N6O4/c1-25-15-19-13-11(14(22)20-15)10(9(6-16)12(17)18-13)7-2-4-8(5-3-7)21(23)24/h2-5,10H,17H2,1H3,(H2,18,19,20,22). The molecule has 10 nitrogen and oxygen atoms in total. The summed E-state index contributed by atoms with van der Waals surface area (Å²) in [7, 11) is 1.35. The van der Waals surface area contributed by atoms with Gasteiger partial charge in [0.25, 0.3) is 17.3 Å². The van der Waals surface area contributed by atoms with Crippen molar-refractivity contribution < 1.29 is 9.66 Å². The van der Waals surface area contributed by atoms with Crippen LogP contribution in [0.2, 0.25) is 0 Å². The van der Waals surface area contributed by atoms with E-state index in [-0.39, 0.29) is 34.5 Å². The van der Waals surface area contributed by atoms with Crippen molar-refractivity contribution in [3.05, 3.63) is 67.3 Å². The highest BCUT2D eigenvalue weighted by atomic mass is 16.6. The Bertz CT molecular complexity index is 987. The van der Waals surface area contributed by atoms with Crippen LogP contribution in [0.15, 0.2) is 40.5 Å². The molecule has 0 saturated carbocycles. The number of ether oxygens (including phenoxy) is 1. The lowest BCUT2D eigenvalue weighted by molar-refractivity contribution is -0.384. The number of aromatic nitrogens is 2. The number of allylic oxidation sites excluding steroid dienone is 1. The molecule has 0 bridgehead atoms. The van der Waals surface area contributed by atoms with E-state index < -0.39 is 16.4 Å². The van der Waals surface area contributed by atoms with E-state index in [1.54, 1.807) is 0 Å². The third-order valence-electron chi connectivity index (χ3n) is 3.81. The first-order chi connectivity index (χ1) is 12.0. The summed E-state index contributed by atoms with van der Waals surface area (Å²) < 4.78 is 4.93. The molecule has 1 unspecified atom stereocenters. The molecule has 0 aliphatic carbocycles. The molecule has 0 radical (unpaired) electrons. The van der Waals surface area contributed by atoms with Gasteiger partial charge in [-0.3, -0.25) is 19.9 Å². The number of nitrogens with two attached hydrogens (primary N) is 1. The molecule has 1 aromatic heterocycles. The molecule has 126 valence electrons. The summed E-state index contributed by atoms with van der Waals surface area (Å²) in [6, 6.07) is 7.53. The monoisotopic (exact) mass is 340 g/mol. The molecule has 4 N–H and O–H groups in total. The van der Waals surface area contributed by atoms with Gasteiger partial charge in [-0.1, -0.05) is 12.1 Å². The predicted octanol–water partition coefficient (Wildman–Crippen LogP) is 0.938. The summed E-state index contributed by atoms with van der Waals surface area (Å²) >= 11 is 0. The van der Waals surface area contributed by atoms with Crippen molar-refractivity contribution >= 4 is 11.5 Å². The van der Waals surface area contributed by atoms with Crippen molar-refractivity contribution in [1.82, 2.24) is 9.97 Å². The lowest BCUT2D eigenvalue weighted by Gasteiger charge is -2.25. The van der Waals surface area contributed by atoms with E-state index in [0.29, 0.717) is 5.56 Å². The summed E-state index contributed by atoms with van der Waals surface area (Å²) in [4.78, 5) is 29.3. The van der Waals surface area contributed by atoms with Gasteiger partial charge in [0.05, 0.1) is 35.2 Å². The van der Waals surface area contributed by atoms with Crippen molar-refractivity contribution in [2.45, 2.75) is 5.92 Å². The smallest absolute Gasteiger partial charge is 0.298 e. The number of anilines is 1. The van der Waals surface area contributed by atoms with E-state index >= 15 is 0 Å².